The van der Waals surface area contributed by atoms with Crippen molar-refractivity contribution in [2.75, 3.05) is 20.3 Å². The number of methoxy groups -OCH3 is 1. The number of hydrogen-bond acceptors (Lipinski definition) is 4. The second-order valence-corrected chi connectivity index (χ2v) is 4.34. The predicted molar refractivity (Wildman–Crippen MR) is 58.8 cm³/mol. The van der Waals surface area contributed by atoms with Gasteiger partial charge in [0.25, 0.3) is 0 Å². The fraction of sp³-hybridized carbons (Fsp3) is 1.00. The predicted octanol–water partition coefficient (Wildman–Crippen LogP) is 0.277. The summed E-state index contributed by atoms with van der Waals surface area (Å²) < 4.78 is 5.10. The van der Waals surface area contributed by atoms with E-state index in [2.05, 4.69) is 5.32 Å². The molecule has 4 nitrogen and oxygen atoms in total. The van der Waals surface area contributed by atoms with Crippen LogP contribution in [-0.2, 0) is 4.74 Å². The fourth-order valence-corrected chi connectivity index (χ4v) is 2.15. The van der Waals surface area contributed by atoms with Crippen LogP contribution < -0.4 is 5.32 Å². The maximum Gasteiger partial charge on any atom is 0.0616 e. The van der Waals surface area contributed by atoms with E-state index in [0.717, 1.165) is 32.1 Å². The lowest BCUT2D eigenvalue weighted by Crippen LogP contribution is -2.43. The summed E-state index contributed by atoms with van der Waals surface area (Å²) in [6, 6.07) is 0.709. The highest BCUT2D eigenvalue weighted by atomic mass is 16.5. The normalized spacial score (nSPS) is 29.0. The smallest absolute Gasteiger partial charge is 0.0616 e. The Morgan fingerprint density at radius 3 is 2.53 bits per heavy atom. The molecule has 0 aromatic rings. The molecule has 0 aromatic heterocycles. The van der Waals surface area contributed by atoms with Gasteiger partial charge < -0.3 is 20.3 Å². The molecule has 0 amide bonds. The second-order valence-electron chi connectivity index (χ2n) is 4.34. The van der Waals surface area contributed by atoms with Crippen molar-refractivity contribution in [1.29, 1.82) is 0 Å². The van der Waals surface area contributed by atoms with Gasteiger partial charge in [-0.15, -0.1) is 0 Å². The zero-order valence-corrected chi connectivity index (χ0v) is 9.48. The van der Waals surface area contributed by atoms with Gasteiger partial charge in [0, 0.05) is 25.8 Å². The maximum atomic E-state index is 9.38. The van der Waals surface area contributed by atoms with Crippen LogP contribution in [0.15, 0.2) is 0 Å². The third-order valence-corrected chi connectivity index (χ3v) is 3.01. The number of nitrogens with one attached hydrogen (secondary N) is 1. The van der Waals surface area contributed by atoms with Crippen molar-refractivity contribution in [1.82, 2.24) is 5.32 Å². The number of aliphatic hydroxyl groups excluding tert-OH is 2. The molecule has 1 atom stereocenters. The molecule has 1 rings (SSSR count). The van der Waals surface area contributed by atoms with E-state index in [0.29, 0.717) is 12.6 Å². The van der Waals surface area contributed by atoms with Gasteiger partial charge in [0.05, 0.1) is 12.7 Å². The van der Waals surface area contributed by atoms with Crippen molar-refractivity contribution < 1.29 is 14.9 Å². The molecule has 1 aliphatic rings. The maximum absolute atomic E-state index is 9.38. The standard InChI is InChI=1S/C11H23NO3/c1-15-8-10(6-7-13)12-9-2-4-11(14)5-3-9/h9-14H,2-8H2,1H3. The second kappa shape index (κ2) is 7.17. The summed E-state index contributed by atoms with van der Waals surface area (Å²) in [5.41, 5.74) is 0. The molecule has 1 saturated carbocycles. The van der Waals surface area contributed by atoms with E-state index >= 15 is 0 Å². The Morgan fingerprint density at radius 2 is 2.00 bits per heavy atom. The van der Waals surface area contributed by atoms with Crippen LogP contribution >= 0.6 is 0 Å². The Labute approximate surface area is 91.6 Å². The highest BCUT2D eigenvalue weighted by Crippen LogP contribution is 2.18. The first-order chi connectivity index (χ1) is 7.26. The lowest BCUT2D eigenvalue weighted by molar-refractivity contribution is 0.100. The van der Waals surface area contributed by atoms with Gasteiger partial charge in [-0.25, -0.2) is 0 Å². The van der Waals surface area contributed by atoms with Crippen molar-refractivity contribution in [2.45, 2.75) is 50.3 Å². The summed E-state index contributed by atoms with van der Waals surface area (Å²) in [5, 5.41) is 21.8. The summed E-state index contributed by atoms with van der Waals surface area (Å²) in [6.07, 6.45) is 4.43. The molecule has 1 aliphatic carbocycles. The minimum atomic E-state index is -0.109. The molecule has 0 bridgehead atoms. The molecule has 0 radical (unpaired) electrons. The van der Waals surface area contributed by atoms with Crippen molar-refractivity contribution in [3.05, 3.63) is 0 Å². The molecule has 90 valence electrons. The molecular weight excluding hydrogens is 194 g/mol. The monoisotopic (exact) mass is 217 g/mol. The van der Waals surface area contributed by atoms with E-state index in [9.17, 15) is 5.11 Å². The van der Waals surface area contributed by atoms with E-state index < -0.39 is 0 Å². The molecular formula is C11H23NO3. The van der Waals surface area contributed by atoms with E-state index in [1.165, 1.54) is 0 Å². The molecule has 0 saturated heterocycles. The first kappa shape index (κ1) is 12.9. The Kier molecular flexibility index (Phi) is 6.17. The quantitative estimate of drug-likeness (QED) is 0.598. The van der Waals surface area contributed by atoms with Gasteiger partial charge >= 0.3 is 0 Å². The van der Waals surface area contributed by atoms with E-state index in [1.807, 2.05) is 0 Å². The van der Waals surface area contributed by atoms with Gasteiger partial charge in [-0.3, -0.25) is 0 Å². The Balaban J connectivity index is 2.24. The van der Waals surface area contributed by atoms with Crippen molar-refractivity contribution >= 4 is 0 Å². The molecule has 1 unspecified atom stereocenters. The van der Waals surface area contributed by atoms with Crippen molar-refractivity contribution in [3.8, 4) is 0 Å². The largest absolute Gasteiger partial charge is 0.396 e. The van der Waals surface area contributed by atoms with Crippen LogP contribution in [0.4, 0.5) is 0 Å². The van der Waals surface area contributed by atoms with Gasteiger partial charge in [0.1, 0.15) is 0 Å². The number of hydrogen-bond donors (Lipinski definition) is 3. The lowest BCUT2D eigenvalue weighted by atomic mass is 9.92. The van der Waals surface area contributed by atoms with Crippen LogP contribution in [0.5, 0.6) is 0 Å². The van der Waals surface area contributed by atoms with E-state index in [4.69, 9.17) is 9.84 Å². The molecule has 3 N–H and O–H groups in total. The first-order valence-electron chi connectivity index (χ1n) is 5.80. The number of ether oxygens (including phenoxy) is 1. The molecule has 1 fully saturated rings. The highest BCUT2D eigenvalue weighted by molar-refractivity contribution is 4.80. The SMILES string of the molecule is COCC(CCO)NC1CCC(O)CC1. The van der Waals surface area contributed by atoms with Gasteiger partial charge in [0.15, 0.2) is 0 Å². The van der Waals surface area contributed by atoms with Crippen LogP contribution in [0.1, 0.15) is 32.1 Å². The first-order valence-corrected chi connectivity index (χ1v) is 5.80. The van der Waals surface area contributed by atoms with Crippen LogP contribution in [0.2, 0.25) is 0 Å². The number of rotatable bonds is 6. The summed E-state index contributed by atoms with van der Waals surface area (Å²) in [4.78, 5) is 0. The van der Waals surface area contributed by atoms with Crippen LogP contribution in [0.3, 0.4) is 0 Å². The van der Waals surface area contributed by atoms with Gasteiger partial charge in [0.2, 0.25) is 0 Å². The molecule has 4 heteroatoms. The van der Waals surface area contributed by atoms with Crippen molar-refractivity contribution in [2.24, 2.45) is 0 Å². The van der Waals surface area contributed by atoms with Crippen molar-refractivity contribution in [3.63, 3.8) is 0 Å². The molecule has 0 heterocycles. The molecule has 15 heavy (non-hydrogen) atoms. The van der Waals surface area contributed by atoms with E-state index in [-0.39, 0.29) is 18.8 Å². The van der Waals surface area contributed by atoms with Gasteiger partial charge in [-0.1, -0.05) is 0 Å². The fourth-order valence-electron chi connectivity index (χ4n) is 2.15. The van der Waals surface area contributed by atoms with E-state index in [1.54, 1.807) is 7.11 Å². The summed E-state index contributed by atoms with van der Waals surface area (Å²) in [7, 11) is 1.68. The van der Waals surface area contributed by atoms with Crippen LogP contribution in [0, 0.1) is 0 Å². The average molecular weight is 217 g/mol. The third-order valence-electron chi connectivity index (χ3n) is 3.01. The molecule has 0 spiro atoms. The zero-order chi connectivity index (χ0) is 11.1. The molecule has 0 aromatic carbocycles. The molecule has 0 aliphatic heterocycles. The average Bonchev–Trinajstić information content (AvgIpc) is 2.22. The minimum absolute atomic E-state index is 0.109. The summed E-state index contributed by atoms with van der Waals surface area (Å²) in [6.45, 7) is 0.829. The van der Waals surface area contributed by atoms with Crippen LogP contribution in [-0.4, -0.2) is 48.7 Å². The topological polar surface area (TPSA) is 61.7 Å². The van der Waals surface area contributed by atoms with Crippen LogP contribution in [0.25, 0.3) is 0 Å². The summed E-state index contributed by atoms with van der Waals surface area (Å²) >= 11 is 0. The Morgan fingerprint density at radius 1 is 1.33 bits per heavy atom. The zero-order valence-electron chi connectivity index (χ0n) is 9.48. The highest BCUT2D eigenvalue weighted by Gasteiger charge is 2.21. The number of aliphatic hydroxyl groups is 2. The lowest BCUT2D eigenvalue weighted by Gasteiger charge is -2.30. The third kappa shape index (κ3) is 4.93. The Bertz CT molecular complexity index is 152. The Hall–Kier alpha value is -0.160. The summed E-state index contributed by atoms with van der Waals surface area (Å²) in [5.74, 6) is 0. The van der Waals surface area contributed by atoms with Gasteiger partial charge in [-0.2, -0.15) is 0 Å². The minimum Gasteiger partial charge on any atom is -0.396 e. The van der Waals surface area contributed by atoms with Gasteiger partial charge in [-0.05, 0) is 32.1 Å².